The molecule has 3 aromatic rings. The number of aryl methyl sites for hydroxylation is 1. The van der Waals surface area contributed by atoms with Crippen molar-refractivity contribution in [3.05, 3.63) is 54.2 Å². The Morgan fingerprint density at radius 3 is 3.12 bits per heavy atom. The van der Waals surface area contributed by atoms with Crippen molar-refractivity contribution in [2.45, 2.75) is 38.6 Å². The number of amides is 1. The number of aromatic nitrogens is 3. The minimum absolute atomic E-state index is 0.215. The lowest BCUT2D eigenvalue weighted by atomic mass is 10.0. The third kappa shape index (κ3) is 3.06. The van der Waals surface area contributed by atoms with Gasteiger partial charge in [-0.3, -0.25) is 4.79 Å². The van der Waals surface area contributed by atoms with E-state index in [1.54, 1.807) is 0 Å². The summed E-state index contributed by atoms with van der Waals surface area (Å²) >= 11 is 0. The van der Waals surface area contributed by atoms with Crippen LogP contribution < -0.4 is 0 Å². The van der Waals surface area contributed by atoms with Crippen LogP contribution in [0, 0.1) is 0 Å². The van der Waals surface area contributed by atoms with Gasteiger partial charge in [-0.25, -0.2) is 4.98 Å². The molecule has 25 heavy (non-hydrogen) atoms. The molecule has 0 bridgehead atoms. The van der Waals surface area contributed by atoms with E-state index in [9.17, 15) is 4.79 Å². The van der Waals surface area contributed by atoms with Crippen molar-refractivity contribution in [1.82, 2.24) is 19.4 Å². The Kier molecular flexibility index (Phi) is 4.30. The van der Waals surface area contributed by atoms with Gasteiger partial charge in [-0.05, 0) is 24.5 Å². The number of imidazole rings is 1. The fraction of sp³-hybridized carbons (Fsp3) is 0.400. The van der Waals surface area contributed by atoms with Crippen molar-refractivity contribution < 1.29 is 4.79 Å². The summed E-state index contributed by atoms with van der Waals surface area (Å²) in [6.07, 6.45) is 9.43. The third-order valence-corrected chi connectivity index (χ3v) is 5.22. The molecule has 0 aliphatic carbocycles. The molecule has 0 spiro atoms. The average Bonchev–Trinajstić information content (AvgIpc) is 3.29. The summed E-state index contributed by atoms with van der Waals surface area (Å²) in [7, 11) is 0. The van der Waals surface area contributed by atoms with Crippen LogP contribution in [0.25, 0.3) is 10.9 Å². The molecule has 5 heteroatoms. The lowest BCUT2D eigenvalue weighted by molar-refractivity contribution is -0.132. The zero-order chi connectivity index (χ0) is 17.2. The molecule has 2 aromatic heterocycles. The van der Waals surface area contributed by atoms with Crippen LogP contribution >= 0.6 is 0 Å². The number of hydrogen-bond donors (Lipinski definition) is 1. The fourth-order valence-corrected chi connectivity index (χ4v) is 3.91. The Hall–Kier alpha value is -2.56. The highest BCUT2D eigenvalue weighted by molar-refractivity contribution is 5.88. The van der Waals surface area contributed by atoms with Crippen molar-refractivity contribution in [3.8, 4) is 0 Å². The first-order valence-corrected chi connectivity index (χ1v) is 9.10. The number of fused-ring (bicyclic) bond motifs is 1. The number of benzene rings is 1. The van der Waals surface area contributed by atoms with Gasteiger partial charge < -0.3 is 14.5 Å². The molecular weight excluding hydrogens is 312 g/mol. The summed E-state index contributed by atoms with van der Waals surface area (Å²) in [4.78, 5) is 22.6. The second-order valence-corrected chi connectivity index (χ2v) is 6.78. The van der Waals surface area contributed by atoms with Gasteiger partial charge in [0.15, 0.2) is 0 Å². The molecule has 4 rings (SSSR count). The summed E-state index contributed by atoms with van der Waals surface area (Å²) in [5.41, 5.74) is 2.17. The van der Waals surface area contributed by atoms with E-state index in [1.807, 2.05) is 35.5 Å². The molecule has 1 fully saturated rings. The van der Waals surface area contributed by atoms with E-state index in [-0.39, 0.29) is 5.91 Å². The normalized spacial score (nSPS) is 18.0. The predicted octanol–water partition coefficient (Wildman–Crippen LogP) is 3.33. The van der Waals surface area contributed by atoms with Gasteiger partial charge in [-0.1, -0.05) is 25.1 Å². The molecule has 1 aromatic carbocycles. The highest BCUT2D eigenvalue weighted by Gasteiger charge is 2.26. The molecule has 1 saturated heterocycles. The van der Waals surface area contributed by atoms with Gasteiger partial charge in [0.05, 0.1) is 12.5 Å². The Morgan fingerprint density at radius 1 is 1.36 bits per heavy atom. The van der Waals surface area contributed by atoms with Gasteiger partial charge in [0.1, 0.15) is 5.82 Å². The summed E-state index contributed by atoms with van der Waals surface area (Å²) in [5.74, 6) is 1.32. The Labute approximate surface area is 147 Å². The van der Waals surface area contributed by atoms with Gasteiger partial charge in [-0.2, -0.15) is 0 Å². The van der Waals surface area contributed by atoms with Crippen LogP contribution in [0.3, 0.4) is 0 Å². The monoisotopic (exact) mass is 336 g/mol. The molecule has 1 atom stereocenters. The van der Waals surface area contributed by atoms with Gasteiger partial charge in [0, 0.05) is 49.0 Å². The first-order chi connectivity index (χ1) is 12.3. The van der Waals surface area contributed by atoms with Crippen molar-refractivity contribution in [2.75, 3.05) is 13.1 Å². The van der Waals surface area contributed by atoms with Crippen molar-refractivity contribution in [2.24, 2.45) is 0 Å². The van der Waals surface area contributed by atoms with Crippen molar-refractivity contribution in [3.63, 3.8) is 0 Å². The lowest BCUT2D eigenvalue weighted by Crippen LogP contribution is -2.41. The molecule has 1 aliphatic rings. The molecule has 5 nitrogen and oxygen atoms in total. The lowest BCUT2D eigenvalue weighted by Gasteiger charge is -2.34. The van der Waals surface area contributed by atoms with Crippen LogP contribution in [0.2, 0.25) is 0 Å². The number of hydrogen-bond acceptors (Lipinski definition) is 2. The minimum atomic E-state index is 0.215. The first-order valence-electron chi connectivity index (χ1n) is 9.10. The van der Waals surface area contributed by atoms with Crippen LogP contribution in [0.4, 0.5) is 0 Å². The Bertz CT molecular complexity index is 879. The standard InChI is InChI=1S/C20H24N4O/c1-2-19-21-9-11-24(19)16-6-5-10-23(14-16)20(25)12-15-13-22-18-8-4-3-7-17(15)18/h3-4,7-9,11,13,16,22H,2,5-6,10,12,14H2,1H3. The molecule has 1 amide bonds. The van der Waals surface area contributed by atoms with E-state index in [1.165, 1.54) is 0 Å². The fourth-order valence-electron chi connectivity index (χ4n) is 3.91. The van der Waals surface area contributed by atoms with Gasteiger partial charge >= 0.3 is 0 Å². The highest BCUT2D eigenvalue weighted by atomic mass is 16.2. The summed E-state index contributed by atoms with van der Waals surface area (Å²) in [6.45, 7) is 3.76. The number of carbonyl (C=O) groups excluding carboxylic acids is 1. The summed E-state index contributed by atoms with van der Waals surface area (Å²) in [6, 6.07) is 8.50. The van der Waals surface area contributed by atoms with E-state index < -0.39 is 0 Å². The van der Waals surface area contributed by atoms with Crippen molar-refractivity contribution >= 4 is 16.8 Å². The van der Waals surface area contributed by atoms with Crippen LogP contribution in [0.15, 0.2) is 42.9 Å². The zero-order valence-electron chi connectivity index (χ0n) is 14.6. The number of aromatic amines is 1. The maximum absolute atomic E-state index is 12.9. The highest BCUT2D eigenvalue weighted by Crippen LogP contribution is 2.25. The number of para-hydroxylation sites is 1. The van der Waals surface area contributed by atoms with Gasteiger partial charge in [0.2, 0.25) is 5.91 Å². The molecule has 3 heterocycles. The SMILES string of the molecule is CCc1nccn1C1CCCN(C(=O)Cc2c[nH]c3ccccc23)C1. The van der Waals surface area contributed by atoms with Crippen molar-refractivity contribution in [1.29, 1.82) is 0 Å². The molecule has 0 saturated carbocycles. The largest absolute Gasteiger partial charge is 0.361 e. The van der Waals surface area contributed by atoms with Crippen LogP contribution in [0.1, 0.15) is 37.2 Å². The molecule has 1 unspecified atom stereocenters. The zero-order valence-corrected chi connectivity index (χ0v) is 14.6. The minimum Gasteiger partial charge on any atom is -0.361 e. The molecular formula is C20H24N4O. The molecule has 0 radical (unpaired) electrons. The summed E-state index contributed by atoms with van der Waals surface area (Å²) in [5, 5.41) is 1.15. The van der Waals surface area contributed by atoms with Crippen LogP contribution in [-0.4, -0.2) is 38.4 Å². The Balaban J connectivity index is 1.48. The average molecular weight is 336 g/mol. The van der Waals surface area contributed by atoms with Gasteiger partial charge in [-0.15, -0.1) is 0 Å². The quantitative estimate of drug-likeness (QED) is 0.794. The molecule has 1 aliphatic heterocycles. The van der Waals surface area contributed by atoms with Gasteiger partial charge in [0.25, 0.3) is 0 Å². The maximum atomic E-state index is 12.9. The molecule has 1 N–H and O–H groups in total. The predicted molar refractivity (Wildman–Crippen MR) is 98.5 cm³/mol. The second kappa shape index (κ2) is 6.75. The van der Waals surface area contributed by atoms with E-state index in [0.29, 0.717) is 12.5 Å². The number of likely N-dealkylation sites (tertiary alicyclic amines) is 1. The maximum Gasteiger partial charge on any atom is 0.227 e. The number of nitrogens with one attached hydrogen (secondary N) is 1. The Morgan fingerprint density at radius 2 is 2.24 bits per heavy atom. The topological polar surface area (TPSA) is 53.9 Å². The number of nitrogens with zero attached hydrogens (tertiary/aromatic N) is 3. The number of carbonyl (C=O) groups is 1. The van der Waals surface area contributed by atoms with E-state index in [2.05, 4.69) is 33.7 Å². The second-order valence-electron chi connectivity index (χ2n) is 6.78. The third-order valence-electron chi connectivity index (χ3n) is 5.22. The smallest absolute Gasteiger partial charge is 0.227 e. The summed E-state index contributed by atoms with van der Waals surface area (Å²) < 4.78 is 2.26. The molecule has 130 valence electrons. The first kappa shape index (κ1) is 15.9. The van der Waals surface area contributed by atoms with E-state index >= 15 is 0 Å². The number of H-pyrrole nitrogens is 1. The van der Waals surface area contributed by atoms with E-state index in [0.717, 1.165) is 54.6 Å². The van der Waals surface area contributed by atoms with Crippen LogP contribution in [-0.2, 0) is 17.6 Å². The van der Waals surface area contributed by atoms with Crippen LogP contribution in [0.5, 0.6) is 0 Å². The number of piperidine rings is 1. The van der Waals surface area contributed by atoms with E-state index in [4.69, 9.17) is 0 Å². The number of rotatable bonds is 4.